The van der Waals surface area contributed by atoms with Crippen LogP contribution in [0.4, 0.5) is 0 Å². The lowest BCUT2D eigenvalue weighted by atomic mass is 9.92. The quantitative estimate of drug-likeness (QED) is 0.681. The van der Waals surface area contributed by atoms with Gasteiger partial charge in [0.15, 0.2) is 0 Å². The Bertz CT molecular complexity index is 258. The number of aromatic nitrogens is 1. The Labute approximate surface area is 84.5 Å². The van der Waals surface area contributed by atoms with Gasteiger partial charge < -0.3 is 15.4 Å². The van der Waals surface area contributed by atoms with Gasteiger partial charge in [-0.15, -0.1) is 0 Å². The molecule has 0 aliphatic heterocycles. The number of hydrogen-bond acceptors (Lipinski definition) is 2. The Hall–Kier alpha value is -0.800. The van der Waals surface area contributed by atoms with E-state index in [0.717, 1.165) is 19.4 Å². The van der Waals surface area contributed by atoms with Crippen LogP contribution < -0.4 is 5.32 Å². The topological polar surface area (TPSA) is 48.0 Å². The van der Waals surface area contributed by atoms with Crippen LogP contribution in [0.25, 0.3) is 0 Å². The normalized spacial score (nSPS) is 27.8. The summed E-state index contributed by atoms with van der Waals surface area (Å²) in [5.41, 5.74) is 1.25. The lowest BCUT2D eigenvalue weighted by Crippen LogP contribution is -2.41. The van der Waals surface area contributed by atoms with Crippen molar-refractivity contribution in [3.05, 3.63) is 24.0 Å². The molecule has 1 aromatic heterocycles. The highest BCUT2D eigenvalue weighted by Gasteiger charge is 2.21. The van der Waals surface area contributed by atoms with Crippen LogP contribution in [0.1, 0.15) is 31.2 Å². The third-order valence-electron chi connectivity index (χ3n) is 2.96. The van der Waals surface area contributed by atoms with Crippen LogP contribution in [0, 0.1) is 0 Å². The molecule has 0 radical (unpaired) electrons. The average molecular weight is 194 g/mol. The monoisotopic (exact) mass is 194 g/mol. The minimum atomic E-state index is -0.150. The van der Waals surface area contributed by atoms with E-state index < -0.39 is 0 Å². The zero-order valence-corrected chi connectivity index (χ0v) is 8.37. The van der Waals surface area contributed by atoms with E-state index in [2.05, 4.69) is 16.4 Å². The van der Waals surface area contributed by atoms with Gasteiger partial charge >= 0.3 is 0 Å². The highest BCUT2D eigenvalue weighted by atomic mass is 16.3. The molecule has 1 heterocycles. The number of aliphatic hydroxyl groups is 1. The van der Waals surface area contributed by atoms with E-state index in [1.165, 1.54) is 18.4 Å². The maximum Gasteiger partial charge on any atom is 0.0693 e. The molecular formula is C11H18N2O. The standard InChI is InChI=1S/C11H18N2O/c14-11-4-2-1-3-10(11)13-8-9-5-6-12-7-9/h5-7,10-14H,1-4,8H2/t10-,11-/m1/s1. The summed E-state index contributed by atoms with van der Waals surface area (Å²) in [5, 5.41) is 13.1. The number of hydrogen-bond donors (Lipinski definition) is 3. The van der Waals surface area contributed by atoms with E-state index in [0.29, 0.717) is 6.04 Å². The summed E-state index contributed by atoms with van der Waals surface area (Å²) >= 11 is 0. The maximum absolute atomic E-state index is 9.73. The Balaban J connectivity index is 1.79. The van der Waals surface area contributed by atoms with Gasteiger partial charge in [0.05, 0.1) is 6.10 Å². The Morgan fingerprint density at radius 3 is 3.00 bits per heavy atom. The fourth-order valence-corrected chi connectivity index (χ4v) is 2.07. The molecule has 0 bridgehead atoms. The maximum atomic E-state index is 9.73. The van der Waals surface area contributed by atoms with E-state index in [1.54, 1.807) is 0 Å². The lowest BCUT2D eigenvalue weighted by molar-refractivity contribution is 0.0903. The number of aromatic amines is 1. The average Bonchev–Trinajstić information content (AvgIpc) is 2.69. The largest absolute Gasteiger partial charge is 0.392 e. The van der Waals surface area contributed by atoms with Crippen molar-refractivity contribution in [2.75, 3.05) is 0 Å². The van der Waals surface area contributed by atoms with Gasteiger partial charge in [-0.1, -0.05) is 12.8 Å². The third kappa shape index (κ3) is 2.36. The van der Waals surface area contributed by atoms with Crippen LogP contribution in [0.5, 0.6) is 0 Å². The summed E-state index contributed by atoms with van der Waals surface area (Å²) < 4.78 is 0. The lowest BCUT2D eigenvalue weighted by Gasteiger charge is -2.28. The third-order valence-corrected chi connectivity index (χ3v) is 2.96. The van der Waals surface area contributed by atoms with Gasteiger partial charge in [0.25, 0.3) is 0 Å². The van der Waals surface area contributed by atoms with E-state index in [9.17, 15) is 5.11 Å². The first-order valence-corrected chi connectivity index (χ1v) is 5.39. The molecule has 0 amide bonds. The second-order valence-electron chi connectivity index (χ2n) is 4.06. The van der Waals surface area contributed by atoms with Crippen LogP contribution in [-0.2, 0) is 6.54 Å². The van der Waals surface area contributed by atoms with Crippen molar-refractivity contribution in [1.82, 2.24) is 10.3 Å². The molecule has 0 saturated heterocycles. The van der Waals surface area contributed by atoms with Crippen molar-refractivity contribution in [3.8, 4) is 0 Å². The second kappa shape index (κ2) is 4.62. The minimum Gasteiger partial charge on any atom is -0.392 e. The summed E-state index contributed by atoms with van der Waals surface area (Å²) in [6, 6.07) is 2.35. The SMILES string of the molecule is O[C@@H]1CCCC[C@H]1NCc1cc[nH]c1. The fourth-order valence-electron chi connectivity index (χ4n) is 2.07. The molecule has 1 aromatic rings. The molecule has 0 aromatic carbocycles. The van der Waals surface area contributed by atoms with Gasteiger partial charge in [0.1, 0.15) is 0 Å². The first-order chi connectivity index (χ1) is 6.86. The molecule has 14 heavy (non-hydrogen) atoms. The van der Waals surface area contributed by atoms with Gasteiger partial charge in [0.2, 0.25) is 0 Å². The summed E-state index contributed by atoms with van der Waals surface area (Å²) in [7, 11) is 0. The molecular weight excluding hydrogens is 176 g/mol. The number of nitrogens with one attached hydrogen (secondary N) is 2. The predicted molar refractivity (Wildman–Crippen MR) is 55.9 cm³/mol. The molecule has 1 fully saturated rings. The van der Waals surface area contributed by atoms with Crippen molar-refractivity contribution in [1.29, 1.82) is 0 Å². The number of aliphatic hydroxyl groups excluding tert-OH is 1. The molecule has 1 saturated carbocycles. The van der Waals surface area contributed by atoms with Gasteiger partial charge in [-0.25, -0.2) is 0 Å². The zero-order valence-electron chi connectivity index (χ0n) is 8.37. The van der Waals surface area contributed by atoms with E-state index in [4.69, 9.17) is 0 Å². The van der Waals surface area contributed by atoms with Gasteiger partial charge in [-0.05, 0) is 24.5 Å². The van der Waals surface area contributed by atoms with Gasteiger partial charge in [0, 0.05) is 25.0 Å². The molecule has 2 atom stereocenters. The summed E-state index contributed by atoms with van der Waals surface area (Å²) in [5.74, 6) is 0. The summed E-state index contributed by atoms with van der Waals surface area (Å²) in [6.07, 6.45) is 8.22. The highest BCUT2D eigenvalue weighted by molar-refractivity contribution is 5.08. The molecule has 3 nitrogen and oxygen atoms in total. The van der Waals surface area contributed by atoms with Crippen LogP contribution in [0.15, 0.2) is 18.5 Å². The molecule has 0 spiro atoms. The first-order valence-electron chi connectivity index (χ1n) is 5.39. The number of rotatable bonds is 3. The fraction of sp³-hybridized carbons (Fsp3) is 0.636. The minimum absolute atomic E-state index is 0.150. The Morgan fingerprint density at radius 1 is 1.43 bits per heavy atom. The van der Waals surface area contributed by atoms with Crippen molar-refractivity contribution >= 4 is 0 Å². The second-order valence-corrected chi connectivity index (χ2v) is 4.06. The molecule has 2 rings (SSSR count). The first kappa shape index (κ1) is 9.74. The molecule has 1 aliphatic carbocycles. The van der Waals surface area contributed by atoms with Crippen LogP contribution >= 0.6 is 0 Å². The molecule has 3 N–H and O–H groups in total. The van der Waals surface area contributed by atoms with Crippen molar-refractivity contribution in [3.63, 3.8) is 0 Å². The highest BCUT2D eigenvalue weighted by Crippen LogP contribution is 2.18. The van der Waals surface area contributed by atoms with Crippen LogP contribution in [-0.4, -0.2) is 22.2 Å². The van der Waals surface area contributed by atoms with Gasteiger partial charge in [-0.2, -0.15) is 0 Å². The summed E-state index contributed by atoms with van der Waals surface area (Å²) in [4.78, 5) is 3.03. The van der Waals surface area contributed by atoms with Crippen molar-refractivity contribution in [2.24, 2.45) is 0 Å². The van der Waals surface area contributed by atoms with Crippen LogP contribution in [0.2, 0.25) is 0 Å². The molecule has 3 heteroatoms. The smallest absolute Gasteiger partial charge is 0.0693 e. The van der Waals surface area contributed by atoms with Crippen LogP contribution in [0.3, 0.4) is 0 Å². The van der Waals surface area contributed by atoms with Crippen molar-refractivity contribution < 1.29 is 5.11 Å². The molecule has 0 unspecified atom stereocenters. The van der Waals surface area contributed by atoms with E-state index >= 15 is 0 Å². The molecule has 1 aliphatic rings. The Kier molecular flexibility index (Phi) is 3.22. The number of H-pyrrole nitrogens is 1. The van der Waals surface area contributed by atoms with Crippen molar-refractivity contribution in [2.45, 2.75) is 44.4 Å². The molecule has 78 valence electrons. The predicted octanol–water partition coefficient (Wildman–Crippen LogP) is 1.41. The zero-order chi connectivity index (χ0) is 9.80. The Morgan fingerprint density at radius 2 is 2.29 bits per heavy atom. The van der Waals surface area contributed by atoms with E-state index in [-0.39, 0.29) is 6.10 Å². The van der Waals surface area contributed by atoms with Gasteiger partial charge in [-0.3, -0.25) is 0 Å². The summed E-state index contributed by atoms with van der Waals surface area (Å²) in [6.45, 7) is 0.852. The van der Waals surface area contributed by atoms with E-state index in [1.807, 2.05) is 12.4 Å².